The first kappa shape index (κ1) is 17.9. The van der Waals surface area contributed by atoms with Crippen molar-refractivity contribution >= 4 is 17.7 Å². The highest BCUT2D eigenvalue weighted by atomic mass is 32.2. The number of ether oxygens (including phenoxy) is 2. The molecule has 1 aromatic rings. The largest absolute Gasteiger partial charge is 0.493 e. The molecule has 1 aliphatic heterocycles. The van der Waals surface area contributed by atoms with Gasteiger partial charge >= 0.3 is 0 Å². The van der Waals surface area contributed by atoms with Crippen LogP contribution in [-0.2, 0) is 11.3 Å². The van der Waals surface area contributed by atoms with Crippen molar-refractivity contribution in [3.63, 3.8) is 0 Å². The van der Waals surface area contributed by atoms with Crippen molar-refractivity contribution in [3.05, 3.63) is 29.3 Å². The van der Waals surface area contributed by atoms with Gasteiger partial charge < -0.3 is 20.1 Å². The highest BCUT2D eigenvalue weighted by Gasteiger charge is 2.12. The number of nitrogens with two attached hydrogens (primary N) is 1. The highest BCUT2D eigenvalue weighted by molar-refractivity contribution is 7.99. The molecule has 2 N–H and O–H groups in total. The van der Waals surface area contributed by atoms with E-state index in [4.69, 9.17) is 15.2 Å². The topological polar surface area (TPSA) is 60.1 Å². The first-order valence-electron chi connectivity index (χ1n) is 8.04. The lowest BCUT2D eigenvalue weighted by Crippen LogP contribution is -2.42. The molecule has 0 spiro atoms. The van der Waals surface area contributed by atoms with Gasteiger partial charge in [-0.05, 0) is 18.6 Å². The Balaban J connectivity index is 1.97. The quantitative estimate of drug-likeness (QED) is 0.470. The summed E-state index contributed by atoms with van der Waals surface area (Å²) in [6, 6.07) is 6.22. The molecule has 2 rings (SSSR count). The molecule has 5 nitrogen and oxygen atoms in total. The highest BCUT2D eigenvalue weighted by Crippen LogP contribution is 2.21. The molecular weight excluding hydrogens is 310 g/mol. The molecule has 1 aliphatic rings. The van der Waals surface area contributed by atoms with Crippen molar-refractivity contribution in [2.75, 3.05) is 44.9 Å². The lowest BCUT2D eigenvalue weighted by Gasteiger charge is -2.27. The molecule has 0 unspecified atom stereocenters. The molecular formula is C17H27N3O2S. The van der Waals surface area contributed by atoms with Gasteiger partial charge in [-0.25, -0.2) is 4.99 Å². The van der Waals surface area contributed by atoms with E-state index >= 15 is 0 Å². The van der Waals surface area contributed by atoms with Gasteiger partial charge in [0.25, 0.3) is 0 Å². The monoisotopic (exact) mass is 337 g/mol. The summed E-state index contributed by atoms with van der Waals surface area (Å²) in [6.45, 7) is 5.93. The van der Waals surface area contributed by atoms with Crippen LogP contribution < -0.4 is 10.5 Å². The SMILES string of the molecule is COCCCOc1cc(C)ccc1CN=C(N)N1CCSCC1. The molecule has 0 bridgehead atoms. The summed E-state index contributed by atoms with van der Waals surface area (Å²) in [5, 5.41) is 0. The van der Waals surface area contributed by atoms with Crippen molar-refractivity contribution in [2.45, 2.75) is 19.9 Å². The lowest BCUT2D eigenvalue weighted by molar-refractivity contribution is 0.172. The van der Waals surface area contributed by atoms with Crippen LogP contribution in [0.5, 0.6) is 5.75 Å². The molecule has 23 heavy (non-hydrogen) atoms. The summed E-state index contributed by atoms with van der Waals surface area (Å²) in [5.74, 6) is 3.77. The third kappa shape index (κ3) is 5.95. The van der Waals surface area contributed by atoms with Crippen LogP contribution in [0, 0.1) is 6.92 Å². The molecule has 0 radical (unpaired) electrons. The van der Waals surface area contributed by atoms with Crippen molar-refractivity contribution in [1.29, 1.82) is 0 Å². The molecule has 0 atom stereocenters. The minimum absolute atomic E-state index is 0.551. The Labute approximate surface area is 143 Å². The van der Waals surface area contributed by atoms with Gasteiger partial charge in [-0.15, -0.1) is 0 Å². The number of hydrogen-bond acceptors (Lipinski definition) is 4. The predicted octanol–water partition coefficient (Wildman–Crippen LogP) is 2.27. The Morgan fingerprint density at radius 2 is 2.09 bits per heavy atom. The van der Waals surface area contributed by atoms with E-state index in [-0.39, 0.29) is 0 Å². The van der Waals surface area contributed by atoms with Gasteiger partial charge in [0.1, 0.15) is 5.75 Å². The zero-order valence-corrected chi connectivity index (χ0v) is 14.9. The minimum atomic E-state index is 0.551. The maximum Gasteiger partial charge on any atom is 0.191 e. The second-order valence-electron chi connectivity index (χ2n) is 5.58. The van der Waals surface area contributed by atoms with E-state index in [0.29, 0.717) is 25.7 Å². The van der Waals surface area contributed by atoms with Gasteiger partial charge in [0, 0.05) is 50.3 Å². The molecule has 1 saturated heterocycles. The standard InChI is InChI=1S/C17H27N3O2S/c1-14-4-5-15(16(12-14)22-9-3-8-21-2)13-19-17(18)20-6-10-23-11-7-20/h4-5,12H,3,6-11,13H2,1-2H3,(H2,18,19). The van der Waals surface area contributed by atoms with Gasteiger partial charge in [-0.1, -0.05) is 12.1 Å². The molecule has 1 heterocycles. The molecule has 0 amide bonds. The van der Waals surface area contributed by atoms with Crippen LogP contribution in [0.2, 0.25) is 0 Å². The van der Waals surface area contributed by atoms with E-state index in [1.54, 1.807) is 7.11 Å². The van der Waals surface area contributed by atoms with E-state index < -0.39 is 0 Å². The summed E-state index contributed by atoms with van der Waals surface area (Å²) in [7, 11) is 1.70. The summed E-state index contributed by atoms with van der Waals surface area (Å²) in [5.41, 5.74) is 8.38. The number of benzene rings is 1. The van der Waals surface area contributed by atoms with Gasteiger partial charge in [0.15, 0.2) is 5.96 Å². The normalized spacial score (nSPS) is 15.7. The van der Waals surface area contributed by atoms with Gasteiger partial charge in [-0.3, -0.25) is 0 Å². The van der Waals surface area contributed by atoms with E-state index in [1.165, 1.54) is 5.56 Å². The third-order valence-electron chi connectivity index (χ3n) is 3.72. The fourth-order valence-electron chi connectivity index (χ4n) is 2.37. The minimum Gasteiger partial charge on any atom is -0.493 e. The number of methoxy groups -OCH3 is 1. The fourth-order valence-corrected chi connectivity index (χ4v) is 3.27. The van der Waals surface area contributed by atoms with E-state index in [0.717, 1.165) is 42.3 Å². The Morgan fingerprint density at radius 3 is 2.83 bits per heavy atom. The average molecular weight is 337 g/mol. The van der Waals surface area contributed by atoms with Gasteiger partial charge in [0.2, 0.25) is 0 Å². The maximum absolute atomic E-state index is 6.13. The fraction of sp³-hybridized carbons (Fsp3) is 0.588. The number of guanidine groups is 1. The first-order valence-corrected chi connectivity index (χ1v) is 9.20. The van der Waals surface area contributed by atoms with Crippen LogP contribution in [0.1, 0.15) is 17.5 Å². The van der Waals surface area contributed by atoms with Crippen LogP contribution in [0.3, 0.4) is 0 Å². The summed E-state index contributed by atoms with van der Waals surface area (Å²) in [4.78, 5) is 6.72. The van der Waals surface area contributed by atoms with Crippen LogP contribution in [0.4, 0.5) is 0 Å². The summed E-state index contributed by atoms with van der Waals surface area (Å²) >= 11 is 1.97. The number of rotatable bonds is 7. The zero-order chi connectivity index (χ0) is 16.5. The smallest absolute Gasteiger partial charge is 0.191 e. The van der Waals surface area contributed by atoms with Crippen LogP contribution in [0.15, 0.2) is 23.2 Å². The third-order valence-corrected chi connectivity index (χ3v) is 4.66. The van der Waals surface area contributed by atoms with Crippen LogP contribution >= 0.6 is 11.8 Å². The number of aliphatic imine (C=N–C) groups is 1. The van der Waals surface area contributed by atoms with Gasteiger partial charge in [0.05, 0.1) is 13.2 Å². The van der Waals surface area contributed by atoms with E-state index in [2.05, 4.69) is 35.0 Å². The summed E-state index contributed by atoms with van der Waals surface area (Å²) < 4.78 is 10.9. The summed E-state index contributed by atoms with van der Waals surface area (Å²) in [6.07, 6.45) is 0.876. The Kier molecular flexibility index (Phi) is 7.55. The van der Waals surface area contributed by atoms with Crippen molar-refractivity contribution in [2.24, 2.45) is 10.7 Å². The number of aryl methyl sites for hydroxylation is 1. The predicted molar refractivity (Wildman–Crippen MR) is 97.4 cm³/mol. The number of thioether (sulfide) groups is 1. The molecule has 0 saturated carbocycles. The molecule has 6 heteroatoms. The van der Waals surface area contributed by atoms with Crippen LogP contribution in [-0.4, -0.2) is 55.8 Å². The van der Waals surface area contributed by atoms with Crippen molar-refractivity contribution in [3.8, 4) is 5.75 Å². The van der Waals surface area contributed by atoms with Crippen molar-refractivity contribution < 1.29 is 9.47 Å². The lowest BCUT2D eigenvalue weighted by atomic mass is 10.1. The van der Waals surface area contributed by atoms with Gasteiger partial charge in [-0.2, -0.15) is 11.8 Å². The molecule has 1 fully saturated rings. The zero-order valence-electron chi connectivity index (χ0n) is 14.1. The second-order valence-corrected chi connectivity index (χ2v) is 6.80. The number of nitrogens with zero attached hydrogens (tertiary/aromatic N) is 2. The molecule has 0 aliphatic carbocycles. The Bertz CT molecular complexity index is 517. The first-order chi connectivity index (χ1) is 11.2. The molecule has 0 aromatic heterocycles. The average Bonchev–Trinajstić information content (AvgIpc) is 2.58. The maximum atomic E-state index is 6.13. The van der Waals surface area contributed by atoms with E-state index in [1.807, 2.05) is 11.8 Å². The van der Waals surface area contributed by atoms with Crippen LogP contribution in [0.25, 0.3) is 0 Å². The van der Waals surface area contributed by atoms with Crippen molar-refractivity contribution in [1.82, 2.24) is 4.90 Å². The molecule has 1 aromatic carbocycles. The molecule has 128 valence electrons. The second kappa shape index (κ2) is 9.67. The Hall–Kier alpha value is -1.40. The number of hydrogen-bond donors (Lipinski definition) is 1. The Morgan fingerprint density at radius 1 is 1.30 bits per heavy atom. The van der Waals surface area contributed by atoms with E-state index in [9.17, 15) is 0 Å².